The lowest BCUT2D eigenvalue weighted by Crippen LogP contribution is -2.17. The van der Waals surface area contributed by atoms with Crippen molar-refractivity contribution < 1.29 is 18.7 Å². The number of hydrogen-bond donors (Lipinski definition) is 2. The van der Waals surface area contributed by atoms with Crippen molar-refractivity contribution in [3.8, 4) is 5.75 Å². The van der Waals surface area contributed by atoms with Crippen molar-refractivity contribution in [3.63, 3.8) is 0 Å². The van der Waals surface area contributed by atoms with E-state index in [-0.39, 0.29) is 17.9 Å². The van der Waals surface area contributed by atoms with E-state index in [9.17, 15) is 8.78 Å². The van der Waals surface area contributed by atoms with Crippen molar-refractivity contribution in [1.29, 1.82) is 0 Å². The number of hydrogen-bond acceptors (Lipinski definition) is 3. The Morgan fingerprint density at radius 1 is 1.10 bits per heavy atom. The molecule has 0 aliphatic heterocycles. The van der Waals surface area contributed by atoms with Gasteiger partial charge in [-0.05, 0) is 18.2 Å². The molecular formula is C14H12F2N2O2. The molecular weight excluding hydrogens is 266 g/mol. The van der Waals surface area contributed by atoms with Gasteiger partial charge in [-0.1, -0.05) is 29.4 Å². The molecule has 6 heteroatoms. The third-order valence-corrected chi connectivity index (χ3v) is 2.68. The first-order valence-corrected chi connectivity index (χ1v) is 5.76. The topological polar surface area (TPSA) is 67.8 Å². The van der Waals surface area contributed by atoms with Gasteiger partial charge in [0.2, 0.25) is 0 Å². The molecule has 0 amide bonds. The van der Waals surface area contributed by atoms with Crippen LogP contribution >= 0.6 is 0 Å². The van der Waals surface area contributed by atoms with E-state index in [4.69, 9.17) is 15.7 Å². The van der Waals surface area contributed by atoms with Crippen LogP contribution in [0, 0.1) is 11.6 Å². The van der Waals surface area contributed by atoms with Gasteiger partial charge < -0.3 is 15.7 Å². The van der Waals surface area contributed by atoms with Gasteiger partial charge in [-0.25, -0.2) is 8.78 Å². The molecule has 2 aromatic carbocycles. The first-order chi connectivity index (χ1) is 9.63. The maximum absolute atomic E-state index is 13.7. The first kappa shape index (κ1) is 13.8. The summed E-state index contributed by atoms with van der Waals surface area (Å²) in [5.74, 6) is -1.45. The Hall–Kier alpha value is -2.63. The molecule has 104 valence electrons. The molecule has 0 fully saturated rings. The van der Waals surface area contributed by atoms with Crippen LogP contribution in [0.1, 0.15) is 11.1 Å². The highest BCUT2D eigenvalue weighted by Crippen LogP contribution is 2.22. The second-order valence-corrected chi connectivity index (χ2v) is 3.98. The van der Waals surface area contributed by atoms with Gasteiger partial charge in [0.1, 0.15) is 24.0 Å². The van der Waals surface area contributed by atoms with Gasteiger partial charge in [-0.3, -0.25) is 0 Å². The highest BCUT2D eigenvalue weighted by molar-refractivity contribution is 5.99. The van der Waals surface area contributed by atoms with Gasteiger partial charge in [0.25, 0.3) is 0 Å². The molecule has 0 radical (unpaired) electrons. The summed E-state index contributed by atoms with van der Waals surface area (Å²) >= 11 is 0. The minimum absolute atomic E-state index is 0.0727. The normalized spacial score (nSPS) is 11.4. The Bertz CT molecular complexity index is 645. The molecule has 4 nitrogen and oxygen atoms in total. The molecule has 0 spiro atoms. The van der Waals surface area contributed by atoms with Gasteiger partial charge in [0.05, 0.1) is 5.56 Å². The molecule has 0 unspecified atom stereocenters. The average molecular weight is 278 g/mol. The van der Waals surface area contributed by atoms with Crippen molar-refractivity contribution in [2.45, 2.75) is 6.61 Å². The van der Waals surface area contributed by atoms with Crippen molar-refractivity contribution >= 4 is 5.84 Å². The van der Waals surface area contributed by atoms with E-state index in [1.807, 2.05) is 0 Å². The molecule has 0 saturated carbocycles. The number of benzene rings is 2. The minimum Gasteiger partial charge on any atom is -0.488 e. The van der Waals surface area contributed by atoms with Crippen LogP contribution in [0.5, 0.6) is 5.75 Å². The molecule has 0 heterocycles. The van der Waals surface area contributed by atoms with Gasteiger partial charge in [-0.2, -0.15) is 0 Å². The summed E-state index contributed by atoms with van der Waals surface area (Å²) in [6, 6.07) is 10.1. The molecule has 0 saturated heterocycles. The summed E-state index contributed by atoms with van der Waals surface area (Å²) in [6.07, 6.45) is 0. The fraction of sp³-hybridized carbons (Fsp3) is 0.0714. The average Bonchev–Trinajstić information content (AvgIpc) is 2.46. The van der Waals surface area contributed by atoms with Gasteiger partial charge in [0, 0.05) is 5.56 Å². The maximum Gasteiger partial charge on any atom is 0.176 e. The molecule has 3 N–H and O–H groups in total. The molecule has 2 rings (SSSR count). The summed E-state index contributed by atoms with van der Waals surface area (Å²) < 4.78 is 32.5. The number of rotatable bonds is 4. The van der Waals surface area contributed by atoms with Crippen molar-refractivity contribution in [3.05, 3.63) is 65.2 Å². The van der Waals surface area contributed by atoms with Crippen LogP contribution in [0.3, 0.4) is 0 Å². The highest BCUT2D eigenvalue weighted by atomic mass is 19.1. The van der Waals surface area contributed by atoms with E-state index in [2.05, 4.69) is 5.16 Å². The lowest BCUT2D eigenvalue weighted by molar-refractivity contribution is 0.296. The largest absolute Gasteiger partial charge is 0.488 e. The predicted molar refractivity (Wildman–Crippen MR) is 69.6 cm³/mol. The third kappa shape index (κ3) is 2.85. The minimum atomic E-state index is -0.689. The quantitative estimate of drug-likeness (QED) is 0.391. The third-order valence-electron chi connectivity index (χ3n) is 2.68. The Morgan fingerprint density at radius 2 is 1.80 bits per heavy atom. The van der Waals surface area contributed by atoms with Crippen LogP contribution in [-0.4, -0.2) is 11.0 Å². The smallest absolute Gasteiger partial charge is 0.176 e. The molecule has 0 aromatic heterocycles. The summed E-state index contributed by atoms with van der Waals surface area (Å²) in [7, 11) is 0. The highest BCUT2D eigenvalue weighted by Gasteiger charge is 2.14. The Kier molecular flexibility index (Phi) is 4.14. The summed E-state index contributed by atoms with van der Waals surface area (Å²) in [5, 5.41) is 11.4. The summed E-state index contributed by atoms with van der Waals surface area (Å²) in [5.41, 5.74) is 5.56. The zero-order valence-electron chi connectivity index (χ0n) is 10.4. The van der Waals surface area contributed by atoms with Gasteiger partial charge >= 0.3 is 0 Å². The fourth-order valence-electron chi connectivity index (χ4n) is 1.69. The van der Waals surface area contributed by atoms with E-state index in [1.54, 1.807) is 18.2 Å². The van der Waals surface area contributed by atoms with Crippen molar-refractivity contribution in [2.75, 3.05) is 0 Å². The molecule has 0 atom stereocenters. The SMILES string of the molecule is NC(=NO)c1c(F)cccc1OCc1ccccc1F. The van der Waals surface area contributed by atoms with Crippen LogP contribution in [0.4, 0.5) is 8.78 Å². The molecule has 2 aromatic rings. The number of amidine groups is 1. The van der Waals surface area contributed by atoms with E-state index in [1.165, 1.54) is 18.2 Å². The van der Waals surface area contributed by atoms with Crippen molar-refractivity contribution in [2.24, 2.45) is 10.9 Å². The fourth-order valence-corrected chi connectivity index (χ4v) is 1.69. The zero-order chi connectivity index (χ0) is 14.5. The number of oxime groups is 1. The molecule has 0 aliphatic rings. The van der Waals surface area contributed by atoms with Crippen molar-refractivity contribution in [1.82, 2.24) is 0 Å². The standard InChI is InChI=1S/C14H12F2N2O2/c15-10-5-2-1-4-9(10)8-20-12-7-3-6-11(16)13(12)14(17)18-19/h1-7,19H,8H2,(H2,17,18). The van der Waals surface area contributed by atoms with E-state index in [0.717, 1.165) is 6.07 Å². The lowest BCUT2D eigenvalue weighted by Gasteiger charge is -2.11. The van der Waals surface area contributed by atoms with Crippen LogP contribution in [0.25, 0.3) is 0 Å². The van der Waals surface area contributed by atoms with Crippen LogP contribution in [0.15, 0.2) is 47.6 Å². The lowest BCUT2D eigenvalue weighted by atomic mass is 10.1. The monoisotopic (exact) mass is 278 g/mol. The zero-order valence-corrected chi connectivity index (χ0v) is 10.4. The Morgan fingerprint density at radius 3 is 2.50 bits per heavy atom. The number of halogens is 2. The Balaban J connectivity index is 2.27. The molecule has 20 heavy (non-hydrogen) atoms. The van der Waals surface area contributed by atoms with Crippen LogP contribution in [0.2, 0.25) is 0 Å². The van der Waals surface area contributed by atoms with Gasteiger partial charge in [0.15, 0.2) is 5.84 Å². The van der Waals surface area contributed by atoms with Gasteiger partial charge in [-0.15, -0.1) is 0 Å². The number of nitrogens with two attached hydrogens (primary N) is 1. The van der Waals surface area contributed by atoms with Crippen LogP contribution in [-0.2, 0) is 6.61 Å². The predicted octanol–water partition coefficient (Wildman–Crippen LogP) is 2.64. The van der Waals surface area contributed by atoms with Crippen LogP contribution < -0.4 is 10.5 Å². The second kappa shape index (κ2) is 6.01. The summed E-state index contributed by atoms with van der Waals surface area (Å²) in [6.45, 7) is -0.0954. The molecule has 0 bridgehead atoms. The van der Waals surface area contributed by atoms with E-state index < -0.39 is 17.5 Å². The Labute approximate surface area is 114 Å². The van der Waals surface area contributed by atoms with E-state index in [0.29, 0.717) is 5.56 Å². The molecule has 0 aliphatic carbocycles. The van der Waals surface area contributed by atoms with E-state index >= 15 is 0 Å². The summed E-state index contributed by atoms with van der Waals surface area (Å²) in [4.78, 5) is 0. The second-order valence-electron chi connectivity index (χ2n) is 3.98. The number of nitrogens with zero attached hydrogens (tertiary/aromatic N) is 1. The first-order valence-electron chi connectivity index (χ1n) is 5.76. The maximum atomic E-state index is 13.7. The number of ether oxygens (including phenoxy) is 1.